The Morgan fingerprint density at radius 2 is 2.00 bits per heavy atom. The molecule has 2 aliphatic rings. The summed E-state index contributed by atoms with van der Waals surface area (Å²) < 4.78 is 0. The van der Waals surface area contributed by atoms with Crippen molar-refractivity contribution >= 4 is 35.3 Å². The zero-order chi connectivity index (χ0) is 27.0. The van der Waals surface area contributed by atoms with Crippen molar-refractivity contribution in [3.8, 4) is 0 Å². The summed E-state index contributed by atoms with van der Waals surface area (Å²) in [6, 6.07) is 5.57. The fourth-order valence-corrected chi connectivity index (χ4v) is 5.15. The molecule has 1 aromatic carbocycles. The summed E-state index contributed by atoms with van der Waals surface area (Å²) >= 11 is 6.74. The molecule has 36 heavy (non-hydrogen) atoms. The van der Waals surface area contributed by atoms with Crippen molar-refractivity contribution in [2.45, 2.75) is 85.2 Å². The molecule has 196 valence electrons. The molecule has 1 aromatic rings. The molecule has 0 bridgehead atoms. The van der Waals surface area contributed by atoms with E-state index in [1.807, 2.05) is 45.6 Å². The SMILES string of the molecule is C=C(N=CC=C(C)C)C(=O)Nc1cccc(C2(C)CC(=O)N(C3CCCC(C)C3)C(=C)N2)c1Cl.CC. The van der Waals surface area contributed by atoms with Crippen LogP contribution in [0.2, 0.25) is 5.02 Å². The van der Waals surface area contributed by atoms with Crippen molar-refractivity contribution in [2.75, 3.05) is 5.32 Å². The van der Waals surface area contributed by atoms with Crippen LogP contribution < -0.4 is 10.6 Å². The predicted octanol–water partition coefficient (Wildman–Crippen LogP) is 6.94. The Labute approximate surface area is 221 Å². The minimum atomic E-state index is -0.749. The predicted molar refractivity (Wildman–Crippen MR) is 151 cm³/mol. The molecule has 0 aromatic heterocycles. The molecule has 2 fully saturated rings. The Bertz CT molecular complexity index is 1040. The van der Waals surface area contributed by atoms with E-state index < -0.39 is 11.4 Å². The summed E-state index contributed by atoms with van der Waals surface area (Å²) in [6.45, 7) is 20.0. The van der Waals surface area contributed by atoms with Gasteiger partial charge in [0.25, 0.3) is 5.91 Å². The van der Waals surface area contributed by atoms with E-state index in [1.165, 1.54) is 12.6 Å². The highest BCUT2D eigenvalue weighted by atomic mass is 35.5. The molecular weight excluding hydrogens is 472 g/mol. The molecule has 2 amide bonds. The maximum absolute atomic E-state index is 13.3. The highest BCUT2D eigenvalue weighted by molar-refractivity contribution is 6.34. The Balaban J connectivity index is 0.00000222. The largest absolute Gasteiger partial charge is 0.362 e. The highest BCUT2D eigenvalue weighted by Crippen LogP contribution is 2.40. The van der Waals surface area contributed by atoms with Crippen LogP contribution in [-0.4, -0.2) is 29.0 Å². The average Bonchev–Trinajstić information content (AvgIpc) is 2.80. The maximum Gasteiger partial charge on any atom is 0.273 e. The third-order valence-corrected chi connectivity index (χ3v) is 6.91. The first kappa shape index (κ1) is 29.4. The molecule has 1 aliphatic heterocycles. The van der Waals surface area contributed by atoms with Gasteiger partial charge in [0, 0.05) is 12.3 Å². The van der Waals surface area contributed by atoms with E-state index >= 15 is 0 Å². The van der Waals surface area contributed by atoms with Gasteiger partial charge in [-0.25, -0.2) is 0 Å². The van der Waals surface area contributed by atoms with Gasteiger partial charge in [0.15, 0.2) is 0 Å². The molecule has 1 saturated heterocycles. The molecule has 1 saturated carbocycles. The van der Waals surface area contributed by atoms with Gasteiger partial charge in [-0.3, -0.25) is 19.5 Å². The molecule has 1 heterocycles. The highest BCUT2D eigenvalue weighted by Gasteiger charge is 2.42. The average molecular weight is 513 g/mol. The van der Waals surface area contributed by atoms with Crippen LogP contribution in [0.1, 0.15) is 79.2 Å². The van der Waals surface area contributed by atoms with Crippen molar-refractivity contribution in [2.24, 2.45) is 10.9 Å². The molecule has 0 spiro atoms. The van der Waals surface area contributed by atoms with Gasteiger partial charge in [0.05, 0.1) is 22.7 Å². The normalized spacial score (nSPS) is 23.9. The molecule has 6 nitrogen and oxygen atoms in total. The minimum Gasteiger partial charge on any atom is -0.362 e. The van der Waals surface area contributed by atoms with Crippen LogP contribution in [0.25, 0.3) is 0 Å². The van der Waals surface area contributed by atoms with Gasteiger partial charge in [-0.15, -0.1) is 0 Å². The fraction of sp³-hybridized carbons (Fsp3) is 0.483. The van der Waals surface area contributed by atoms with E-state index in [9.17, 15) is 9.59 Å². The molecule has 3 rings (SSSR count). The first-order valence-electron chi connectivity index (χ1n) is 12.8. The Morgan fingerprint density at radius 1 is 1.31 bits per heavy atom. The lowest BCUT2D eigenvalue weighted by molar-refractivity contribution is -0.137. The lowest BCUT2D eigenvalue weighted by Gasteiger charge is -2.47. The number of aliphatic imine (C=N–C) groups is 1. The number of benzene rings is 1. The van der Waals surface area contributed by atoms with E-state index in [4.69, 9.17) is 11.6 Å². The number of carbonyl (C=O) groups is 2. The quantitative estimate of drug-likeness (QED) is 0.320. The third kappa shape index (κ3) is 7.10. The van der Waals surface area contributed by atoms with Crippen molar-refractivity contribution in [1.82, 2.24) is 10.2 Å². The van der Waals surface area contributed by atoms with Crippen LogP contribution in [0.3, 0.4) is 0 Å². The third-order valence-electron chi connectivity index (χ3n) is 6.50. The minimum absolute atomic E-state index is 0.0397. The fourth-order valence-electron chi connectivity index (χ4n) is 4.77. The molecule has 2 N–H and O–H groups in total. The van der Waals surface area contributed by atoms with Crippen LogP contribution in [0.15, 0.2) is 59.5 Å². The van der Waals surface area contributed by atoms with Gasteiger partial charge in [0.1, 0.15) is 11.5 Å². The van der Waals surface area contributed by atoms with Gasteiger partial charge < -0.3 is 10.6 Å². The van der Waals surface area contributed by atoms with Gasteiger partial charge in [-0.1, -0.05) is 76.1 Å². The Hall–Kier alpha value is -2.86. The van der Waals surface area contributed by atoms with Crippen molar-refractivity contribution < 1.29 is 9.59 Å². The van der Waals surface area contributed by atoms with Gasteiger partial charge >= 0.3 is 0 Å². The number of nitrogens with one attached hydrogen (secondary N) is 2. The first-order chi connectivity index (χ1) is 17.0. The Morgan fingerprint density at radius 3 is 2.61 bits per heavy atom. The summed E-state index contributed by atoms with van der Waals surface area (Å²) in [5, 5.41) is 6.60. The zero-order valence-corrected chi connectivity index (χ0v) is 23.3. The standard InChI is InChI=1S/C27H35ClN4O2.C2H6/c1-17(2)13-14-29-19(4)26(34)30-23-12-8-11-22(25(23)28)27(6)16-24(33)32(20(5)31-27)21-10-7-9-18(3)15-21;1-2/h8,11-14,18,21,31H,4-5,7,9-10,15-16H2,1-3,6H3,(H,30,34);1-2H3. The van der Waals surface area contributed by atoms with Gasteiger partial charge in [0.2, 0.25) is 5.91 Å². The van der Waals surface area contributed by atoms with E-state index in [1.54, 1.807) is 18.2 Å². The number of carbonyl (C=O) groups excluding carboxylic acids is 2. The van der Waals surface area contributed by atoms with Crippen LogP contribution in [0.5, 0.6) is 0 Å². The maximum atomic E-state index is 13.3. The second kappa shape index (κ2) is 12.9. The topological polar surface area (TPSA) is 73.8 Å². The molecular formula is C29H41ClN4O2. The van der Waals surface area contributed by atoms with Crippen LogP contribution >= 0.6 is 11.6 Å². The number of nitrogens with zero attached hydrogens (tertiary/aromatic N) is 2. The number of anilines is 1. The second-order valence-electron chi connectivity index (χ2n) is 9.86. The summed E-state index contributed by atoms with van der Waals surface area (Å²) in [4.78, 5) is 31.8. The number of halogens is 1. The summed E-state index contributed by atoms with van der Waals surface area (Å²) in [5.41, 5.74) is 1.54. The van der Waals surface area contributed by atoms with Gasteiger partial charge in [-0.05, 0) is 57.2 Å². The van der Waals surface area contributed by atoms with Crippen molar-refractivity contribution in [1.29, 1.82) is 0 Å². The number of rotatable bonds is 6. The monoisotopic (exact) mass is 512 g/mol. The molecule has 7 heteroatoms. The van der Waals surface area contributed by atoms with E-state index in [0.717, 1.165) is 30.4 Å². The summed E-state index contributed by atoms with van der Waals surface area (Å²) in [7, 11) is 0. The number of amides is 2. The Kier molecular flexibility index (Phi) is 10.5. The summed E-state index contributed by atoms with van der Waals surface area (Å²) in [5.74, 6) is 0.795. The van der Waals surface area contributed by atoms with Crippen molar-refractivity contribution in [3.63, 3.8) is 0 Å². The number of allylic oxidation sites excluding steroid dienone is 2. The van der Waals surface area contributed by atoms with E-state index in [-0.39, 0.29) is 24.1 Å². The smallest absolute Gasteiger partial charge is 0.273 e. The van der Waals surface area contributed by atoms with Crippen LogP contribution in [0.4, 0.5) is 5.69 Å². The molecule has 3 atom stereocenters. The van der Waals surface area contributed by atoms with Crippen LogP contribution in [-0.2, 0) is 15.1 Å². The lowest BCUT2D eigenvalue weighted by Crippen LogP contribution is -2.57. The zero-order valence-electron chi connectivity index (χ0n) is 22.6. The first-order valence-corrected chi connectivity index (χ1v) is 13.2. The summed E-state index contributed by atoms with van der Waals surface area (Å²) in [6.07, 6.45) is 7.89. The second-order valence-corrected chi connectivity index (χ2v) is 10.2. The molecule has 3 unspecified atom stereocenters. The number of hydrogen-bond acceptors (Lipinski definition) is 4. The van der Waals surface area contributed by atoms with Gasteiger partial charge in [-0.2, -0.15) is 0 Å². The molecule has 0 radical (unpaired) electrons. The lowest BCUT2D eigenvalue weighted by atomic mass is 9.82. The van der Waals surface area contributed by atoms with E-state index in [2.05, 4.69) is 35.7 Å². The van der Waals surface area contributed by atoms with E-state index in [0.29, 0.717) is 22.4 Å². The number of hydrogen-bond donors (Lipinski definition) is 2. The van der Waals surface area contributed by atoms with Crippen LogP contribution in [0, 0.1) is 5.92 Å². The van der Waals surface area contributed by atoms with Crippen molar-refractivity contribution in [3.05, 3.63) is 65.1 Å². The molecule has 1 aliphatic carbocycles.